The number of nitro groups is 1. The van der Waals surface area contributed by atoms with Gasteiger partial charge < -0.3 is 9.84 Å². The largest absolute Gasteiger partial charge is 0.493 e. The van der Waals surface area contributed by atoms with Gasteiger partial charge in [0, 0.05) is 18.3 Å². The average Bonchev–Trinajstić information content (AvgIpc) is 2.48. The molecule has 0 spiro atoms. The van der Waals surface area contributed by atoms with Crippen LogP contribution in [0.1, 0.15) is 16.1 Å². The molecule has 2 rings (SSSR count). The molecular weight excluding hydrogens is 276 g/mol. The lowest BCUT2D eigenvalue weighted by Gasteiger charge is -2.06. The van der Waals surface area contributed by atoms with Crippen molar-refractivity contribution in [1.29, 1.82) is 0 Å². The molecule has 21 heavy (non-hydrogen) atoms. The highest BCUT2D eigenvalue weighted by Crippen LogP contribution is 2.24. The maximum Gasteiger partial charge on any atom is 0.342 e. The molecule has 0 aliphatic heterocycles. The third-order valence-corrected chi connectivity index (χ3v) is 2.75. The molecule has 108 valence electrons. The van der Waals surface area contributed by atoms with E-state index in [1.165, 1.54) is 6.07 Å². The Morgan fingerprint density at radius 3 is 2.76 bits per heavy atom. The first-order valence-electron chi connectivity index (χ1n) is 6.12. The van der Waals surface area contributed by atoms with E-state index in [4.69, 9.17) is 9.84 Å². The molecule has 0 radical (unpaired) electrons. The van der Waals surface area contributed by atoms with E-state index in [0.717, 1.165) is 17.8 Å². The number of hydrogen-bond acceptors (Lipinski definition) is 5. The molecule has 7 heteroatoms. The summed E-state index contributed by atoms with van der Waals surface area (Å²) >= 11 is 0. The summed E-state index contributed by atoms with van der Waals surface area (Å²) < 4.78 is 5.40. The van der Waals surface area contributed by atoms with E-state index in [1.54, 1.807) is 12.3 Å². The molecule has 7 nitrogen and oxygen atoms in total. The van der Waals surface area contributed by atoms with Crippen LogP contribution in [-0.2, 0) is 6.42 Å². The smallest absolute Gasteiger partial charge is 0.342 e. The standard InChI is InChI=1S/C14H12N2O5/c17-14(18)12-5-4-11(9-13(12)16(19)20)21-8-6-10-3-1-2-7-15-10/h1-5,7,9H,6,8H2,(H,17,18). The molecule has 0 atom stereocenters. The molecule has 1 N–H and O–H groups in total. The number of carbonyl (C=O) groups is 1. The Balaban J connectivity index is 2.05. The van der Waals surface area contributed by atoms with Gasteiger partial charge in [-0.15, -0.1) is 0 Å². The summed E-state index contributed by atoms with van der Waals surface area (Å²) in [5.74, 6) is -1.09. The van der Waals surface area contributed by atoms with Gasteiger partial charge in [-0.1, -0.05) is 6.07 Å². The van der Waals surface area contributed by atoms with Gasteiger partial charge in [0.15, 0.2) is 0 Å². The van der Waals surface area contributed by atoms with Crippen LogP contribution in [0.5, 0.6) is 5.75 Å². The number of aromatic nitrogens is 1. The zero-order chi connectivity index (χ0) is 15.2. The molecule has 0 fully saturated rings. The van der Waals surface area contributed by atoms with Crippen molar-refractivity contribution in [1.82, 2.24) is 4.98 Å². The highest BCUT2D eigenvalue weighted by atomic mass is 16.6. The van der Waals surface area contributed by atoms with Gasteiger partial charge in [-0.25, -0.2) is 4.79 Å². The third-order valence-electron chi connectivity index (χ3n) is 2.75. The van der Waals surface area contributed by atoms with Crippen molar-refractivity contribution in [2.24, 2.45) is 0 Å². The number of nitrogens with zero attached hydrogens (tertiary/aromatic N) is 2. The first-order valence-corrected chi connectivity index (χ1v) is 6.12. The minimum absolute atomic E-state index is 0.252. The number of pyridine rings is 1. The highest BCUT2D eigenvalue weighted by Gasteiger charge is 2.20. The summed E-state index contributed by atoms with van der Waals surface area (Å²) in [6.45, 7) is 0.292. The van der Waals surface area contributed by atoms with Crippen molar-refractivity contribution in [3.8, 4) is 5.75 Å². The normalized spacial score (nSPS) is 10.1. The summed E-state index contributed by atoms with van der Waals surface area (Å²) in [4.78, 5) is 25.1. The zero-order valence-corrected chi connectivity index (χ0v) is 10.9. The molecule has 1 aromatic carbocycles. The van der Waals surface area contributed by atoms with E-state index in [0.29, 0.717) is 13.0 Å². The summed E-state index contributed by atoms with van der Waals surface area (Å²) in [6, 6.07) is 9.18. The number of nitro benzene ring substituents is 1. The third kappa shape index (κ3) is 3.75. The van der Waals surface area contributed by atoms with Crippen LogP contribution < -0.4 is 4.74 Å². The molecule has 0 aliphatic carbocycles. The molecule has 0 aliphatic rings. The monoisotopic (exact) mass is 288 g/mol. The highest BCUT2D eigenvalue weighted by molar-refractivity contribution is 5.92. The van der Waals surface area contributed by atoms with Crippen molar-refractivity contribution in [2.45, 2.75) is 6.42 Å². The second-order valence-corrected chi connectivity index (χ2v) is 4.16. The molecule has 0 amide bonds. The molecule has 1 aromatic heterocycles. The van der Waals surface area contributed by atoms with Crippen molar-refractivity contribution >= 4 is 11.7 Å². The van der Waals surface area contributed by atoms with Crippen LogP contribution in [0.3, 0.4) is 0 Å². The van der Waals surface area contributed by atoms with E-state index in [1.807, 2.05) is 12.1 Å². The molecule has 0 saturated carbocycles. The minimum atomic E-state index is -1.35. The van der Waals surface area contributed by atoms with Gasteiger partial charge in [-0.05, 0) is 24.3 Å². The van der Waals surface area contributed by atoms with Crippen LogP contribution in [0.4, 0.5) is 5.69 Å². The number of carboxylic acids is 1. The van der Waals surface area contributed by atoms with Crippen molar-refractivity contribution in [3.05, 3.63) is 64.0 Å². The van der Waals surface area contributed by atoms with E-state index in [2.05, 4.69) is 4.98 Å². The molecular formula is C14H12N2O5. The first kappa shape index (κ1) is 14.4. The zero-order valence-electron chi connectivity index (χ0n) is 10.9. The number of benzene rings is 1. The van der Waals surface area contributed by atoms with E-state index >= 15 is 0 Å². The van der Waals surface area contributed by atoms with E-state index < -0.39 is 16.6 Å². The number of aromatic carboxylic acids is 1. The van der Waals surface area contributed by atoms with Crippen molar-refractivity contribution in [3.63, 3.8) is 0 Å². The van der Waals surface area contributed by atoms with Crippen LogP contribution >= 0.6 is 0 Å². The van der Waals surface area contributed by atoms with Crippen molar-refractivity contribution < 1.29 is 19.6 Å². The van der Waals surface area contributed by atoms with Crippen LogP contribution in [0, 0.1) is 10.1 Å². The lowest BCUT2D eigenvalue weighted by molar-refractivity contribution is -0.385. The van der Waals surface area contributed by atoms with Gasteiger partial charge in [0.05, 0.1) is 17.6 Å². The second kappa shape index (κ2) is 6.47. The lowest BCUT2D eigenvalue weighted by Crippen LogP contribution is -2.05. The fraction of sp³-hybridized carbons (Fsp3) is 0.143. The quantitative estimate of drug-likeness (QED) is 0.646. The fourth-order valence-electron chi connectivity index (χ4n) is 1.75. The molecule has 2 aromatic rings. The topological polar surface area (TPSA) is 103 Å². The Kier molecular flexibility index (Phi) is 4.45. The van der Waals surface area contributed by atoms with Gasteiger partial charge in [-0.2, -0.15) is 0 Å². The van der Waals surface area contributed by atoms with Crippen LogP contribution in [-0.4, -0.2) is 27.6 Å². The summed E-state index contributed by atoms with van der Waals surface area (Å²) in [5.41, 5.74) is -0.0101. The number of rotatable bonds is 6. The molecule has 1 heterocycles. The Morgan fingerprint density at radius 2 is 2.14 bits per heavy atom. The summed E-state index contributed by atoms with van der Waals surface area (Å²) in [5, 5.41) is 19.7. The van der Waals surface area contributed by atoms with Crippen LogP contribution in [0.25, 0.3) is 0 Å². The van der Waals surface area contributed by atoms with Gasteiger partial charge in [0.2, 0.25) is 0 Å². The summed E-state index contributed by atoms with van der Waals surface area (Å²) in [7, 11) is 0. The second-order valence-electron chi connectivity index (χ2n) is 4.16. The summed E-state index contributed by atoms with van der Waals surface area (Å²) in [6.07, 6.45) is 2.22. The van der Waals surface area contributed by atoms with Gasteiger partial charge in [0.1, 0.15) is 11.3 Å². The molecule has 0 saturated heterocycles. The molecule has 0 bridgehead atoms. The predicted octanol–water partition coefficient (Wildman–Crippen LogP) is 2.31. The van der Waals surface area contributed by atoms with Gasteiger partial charge >= 0.3 is 5.97 Å². The Bertz CT molecular complexity index is 658. The van der Waals surface area contributed by atoms with E-state index in [9.17, 15) is 14.9 Å². The maximum absolute atomic E-state index is 10.9. The first-order chi connectivity index (χ1) is 10.1. The van der Waals surface area contributed by atoms with Crippen molar-refractivity contribution in [2.75, 3.05) is 6.61 Å². The van der Waals surface area contributed by atoms with Crippen LogP contribution in [0.2, 0.25) is 0 Å². The Hall–Kier alpha value is -2.96. The maximum atomic E-state index is 10.9. The number of ether oxygens (including phenoxy) is 1. The Labute approximate surface area is 120 Å². The SMILES string of the molecule is O=C(O)c1ccc(OCCc2ccccn2)cc1[N+](=O)[O-]. The van der Waals surface area contributed by atoms with E-state index in [-0.39, 0.29) is 11.3 Å². The fourth-order valence-corrected chi connectivity index (χ4v) is 1.75. The number of hydrogen-bond donors (Lipinski definition) is 1. The number of carboxylic acid groups (broad SMARTS) is 1. The predicted molar refractivity (Wildman–Crippen MR) is 73.5 cm³/mol. The minimum Gasteiger partial charge on any atom is -0.493 e. The van der Waals surface area contributed by atoms with Gasteiger partial charge in [0.25, 0.3) is 5.69 Å². The Morgan fingerprint density at radius 1 is 1.33 bits per heavy atom. The average molecular weight is 288 g/mol. The molecule has 0 unspecified atom stereocenters. The lowest BCUT2D eigenvalue weighted by atomic mass is 10.2. The van der Waals surface area contributed by atoms with Gasteiger partial charge in [-0.3, -0.25) is 15.1 Å². The van der Waals surface area contributed by atoms with Crippen LogP contribution in [0.15, 0.2) is 42.6 Å².